The Hall–Kier alpha value is -6.44. The summed E-state index contributed by atoms with van der Waals surface area (Å²) in [5.74, 6) is 0.941. The quantitative estimate of drug-likeness (QED) is 0.108. The predicted molar refractivity (Wildman–Crippen MR) is 230 cm³/mol. The molecule has 4 N–H and O–H groups in total. The lowest BCUT2D eigenvalue weighted by Crippen LogP contribution is -2.51. The molecule has 0 saturated carbocycles. The Morgan fingerprint density at radius 1 is 0.633 bits per heavy atom. The first-order valence-electron chi connectivity index (χ1n) is 20.8. The van der Waals surface area contributed by atoms with E-state index < -0.39 is 24.3 Å². The minimum Gasteiger partial charge on any atom is -0.453 e. The number of hydrogen-bond acceptors (Lipinski definition) is 8. The molecule has 2 aliphatic heterocycles. The van der Waals surface area contributed by atoms with Crippen molar-refractivity contribution in [2.75, 3.05) is 27.3 Å². The zero-order chi connectivity index (χ0) is 42.2. The number of fused-ring (bicyclic) bond motifs is 3. The smallest absolute Gasteiger partial charge is 0.407 e. The molecule has 8 rings (SSSR count). The highest BCUT2D eigenvalue weighted by molar-refractivity contribution is 6.06. The Labute approximate surface area is 348 Å². The monoisotopic (exact) mass is 812 g/mol. The van der Waals surface area contributed by atoms with Crippen molar-refractivity contribution in [3.8, 4) is 22.3 Å². The van der Waals surface area contributed by atoms with Gasteiger partial charge in [-0.3, -0.25) is 9.59 Å². The number of aromatic nitrogens is 4. The minimum absolute atomic E-state index is 0.118. The van der Waals surface area contributed by atoms with Crippen molar-refractivity contribution >= 4 is 56.8 Å². The van der Waals surface area contributed by atoms with Crippen LogP contribution in [0.2, 0.25) is 0 Å². The van der Waals surface area contributed by atoms with E-state index in [1.807, 2.05) is 49.6 Å². The summed E-state index contributed by atoms with van der Waals surface area (Å²) in [5, 5.41) is 7.64. The lowest BCUT2D eigenvalue weighted by atomic mass is 9.92. The van der Waals surface area contributed by atoms with Crippen LogP contribution in [-0.2, 0) is 19.1 Å². The second kappa shape index (κ2) is 16.7. The third-order valence-electron chi connectivity index (χ3n) is 12.0. The van der Waals surface area contributed by atoms with Crippen molar-refractivity contribution in [1.82, 2.24) is 40.4 Å². The van der Waals surface area contributed by atoms with Crippen LogP contribution in [0.5, 0.6) is 0 Å². The summed E-state index contributed by atoms with van der Waals surface area (Å²) in [4.78, 5) is 72.2. The van der Waals surface area contributed by atoms with Crippen molar-refractivity contribution in [2.45, 2.75) is 77.5 Å². The first kappa shape index (κ1) is 40.3. The second-order valence-corrected chi connectivity index (χ2v) is 16.5. The highest BCUT2D eigenvalue weighted by Crippen LogP contribution is 2.39. The van der Waals surface area contributed by atoms with Gasteiger partial charge < -0.3 is 39.9 Å². The van der Waals surface area contributed by atoms with E-state index in [1.165, 1.54) is 14.2 Å². The fraction of sp³-hybridized carbons (Fsp3) is 0.391. The molecule has 312 valence electrons. The van der Waals surface area contributed by atoms with E-state index in [9.17, 15) is 19.2 Å². The van der Waals surface area contributed by atoms with Crippen LogP contribution in [0.25, 0.3) is 55.1 Å². The van der Waals surface area contributed by atoms with Crippen molar-refractivity contribution < 1.29 is 28.7 Å². The molecule has 4 heterocycles. The molecule has 4 atom stereocenters. The van der Waals surface area contributed by atoms with Crippen LogP contribution in [-0.4, -0.2) is 93.1 Å². The number of rotatable bonds is 10. The number of likely N-dealkylation sites (tertiary alicyclic amines) is 2. The fourth-order valence-electron chi connectivity index (χ4n) is 8.90. The number of imidazole rings is 2. The second-order valence-electron chi connectivity index (χ2n) is 16.5. The summed E-state index contributed by atoms with van der Waals surface area (Å²) in [6.45, 7) is 8.80. The maximum Gasteiger partial charge on any atom is 0.407 e. The fourth-order valence-corrected chi connectivity index (χ4v) is 8.90. The number of aromatic amines is 2. The Balaban J connectivity index is 1.06. The van der Waals surface area contributed by atoms with Gasteiger partial charge in [-0.05, 0) is 94.8 Å². The van der Waals surface area contributed by atoms with Crippen molar-refractivity contribution in [3.05, 3.63) is 84.4 Å². The van der Waals surface area contributed by atoms with Crippen LogP contribution in [0.4, 0.5) is 9.59 Å². The molecule has 4 aromatic carbocycles. The van der Waals surface area contributed by atoms with Crippen LogP contribution >= 0.6 is 0 Å². The molecule has 2 aliphatic rings. The summed E-state index contributed by atoms with van der Waals surface area (Å²) in [5.41, 5.74) is 7.62. The minimum atomic E-state index is -0.703. The summed E-state index contributed by atoms with van der Waals surface area (Å²) in [6.07, 6.45) is 1.96. The Morgan fingerprint density at radius 3 is 1.43 bits per heavy atom. The third-order valence-corrected chi connectivity index (χ3v) is 12.0. The number of carbonyl (C=O) groups excluding carboxylic acids is 4. The number of ether oxygens (including phenoxy) is 2. The van der Waals surface area contributed by atoms with Crippen LogP contribution in [0, 0.1) is 11.8 Å². The molecule has 60 heavy (non-hydrogen) atoms. The Bertz CT molecular complexity index is 2420. The van der Waals surface area contributed by atoms with Crippen LogP contribution in [0.1, 0.15) is 77.1 Å². The number of H-pyrrole nitrogens is 2. The molecule has 4 amide bonds. The van der Waals surface area contributed by atoms with Gasteiger partial charge in [0.15, 0.2) is 0 Å². The number of amides is 4. The van der Waals surface area contributed by atoms with Gasteiger partial charge >= 0.3 is 12.2 Å². The van der Waals surface area contributed by atoms with Gasteiger partial charge in [-0.2, -0.15) is 0 Å². The number of carbonyl (C=O) groups is 4. The Morgan fingerprint density at radius 2 is 1.05 bits per heavy atom. The van der Waals surface area contributed by atoms with Crippen LogP contribution in [0.15, 0.2) is 72.8 Å². The van der Waals surface area contributed by atoms with E-state index in [2.05, 4.69) is 81.3 Å². The molecule has 0 bridgehead atoms. The molecule has 2 aromatic heterocycles. The first-order valence-corrected chi connectivity index (χ1v) is 20.8. The number of alkyl carbamates (subject to hydrolysis) is 2. The standard InChI is InChI=1S/C46H52N8O6/c1-25(2)39(51-45(57)59-5)43(55)53-21-9-13-37(53)41-47-33-19-15-27(23-35(33)49-41)29-17-18-30(32-12-8-7-11-31(29)32)28-16-20-34-36(24-28)50-42(48-34)38-14-10-22-54(38)44(56)40(26(3)4)52-46(58)60-6/h7-8,11-12,15-20,23-26,37-40H,9-10,13-14,21-22H2,1-6H3,(H,47,49)(H,48,50)(H,51,57)(H,52,58). The average molecular weight is 813 g/mol. The van der Waals surface area contributed by atoms with Crippen molar-refractivity contribution in [2.24, 2.45) is 11.8 Å². The summed E-state index contributed by atoms with van der Waals surface area (Å²) in [7, 11) is 2.59. The molecule has 0 aliphatic carbocycles. The van der Waals surface area contributed by atoms with Gasteiger partial charge in [0.05, 0.1) is 48.4 Å². The highest BCUT2D eigenvalue weighted by atomic mass is 16.5. The zero-order valence-electron chi connectivity index (χ0n) is 34.9. The summed E-state index contributed by atoms with van der Waals surface area (Å²) < 4.78 is 9.59. The van der Waals surface area contributed by atoms with Gasteiger partial charge in [-0.25, -0.2) is 19.6 Å². The number of nitrogens with one attached hydrogen (secondary N) is 4. The van der Waals surface area contributed by atoms with Crippen molar-refractivity contribution in [1.29, 1.82) is 0 Å². The molecule has 14 heteroatoms. The van der Waals surface area contributed by atoms with E-state index in [0.717, 1.165) is 92.4 Å². The first-order chi connectivity index (χ1) is 28.9. The topological polar surface area (TPSA) is 175 Å². The molecular formula is C46H52N8O6. The average Bonchev–Trinajstić information content (AvgIpc) is 4.08. The molecular weight excluding hydrogens is 761 g/mol. The largest absolute Gasteiger partial charge is 0.453 e. The van der Waals surface area contributed by atoms with Crippen molar-refractivity contribution in [3.63, 3.8) is 0 Å². The van der Waals surface area contributed by atoms with E-state index in [0.29, 0.717) is 13.1 Å². The normalized spacial score (nSPS) is 17.8. The number of nitrogens with zero attached hydrogens (tertiary/aromatic N) is 4. The molecule has 0 radical (unpaired) electrons. The van der Waals surface area contributed by atoms with Crippen LogP contribution in [0.3, 0.4) is 0 Å². The van der Waals surface area contributed by atoms with Gasteiger partial charge in [-0.1, -0.05) is 76.2 Å². The van der Waals surface area contributed by atoms with E-state index in [-0.39, 0.29) is 35.7 Å². The molecule has 2 fully saturated rings. The number of hydrogen-bond donors (Lipinski definition) is 4. The predicted octanol–water partition coefficient (Wildman–Crippen LogP) is 8.01. The number of benzene rings is 4. The zero-order valence-corrected chi connectivity index (χ0v) is 34.9. The van der Waals surface area contributed by atoms with Gasteiger partial charge in [0.2, 0.25) is 11.8 Å². The van der Waals surface area contributed by atoms with Gasteiger partial charge in [0.1, 0.15) is 23.7 Å². The number of methoxy groups -OCH3 is 2. The maximum absolute atomic E-state index is 13.7. The molecule has 6 aromatic rings. The molecule has 0 spiro atoms. The molecule has 2 saturated heterocycles. The molecule has 14 nitrogen and oxygen atoms in total. The lowest BCUT2D eigenvalue weighted by Gasteiger charge is -2.29. The van der Waals surface area contributed by atoms with Gasteiger partial charge in [0.25, 0.3) is 0 Å². The van der Waals surface area contributed by atoms with Crippen LogP contribution < -0.4 is 10.6 Å². The summed E-state index contributed by atoms with van der Waals surface area (Å²) >= 11 is 0. The lowest BCUT2D eigenvalue weighted by molar-refractivity contribution is -0.136. The van der Waals surface area contributed by atoms with E-state index >= 15 is 0 Å². The van der Waals surface area contributed by atoms with E-state index in [4.69, 9.17) is 19.4 Å². The summed E-state index contributed by atoms with van der Waals surface area (Å²) in [6, 6.07) is 23.3. The van der Waals surface area contributed by atoms with Gasteiger partial charge in [-0.15, -0.1) is 0 Å². The third kappa shape index (κ3) is 7.62. The van der Waals surface area contributed by atoms with Gasteiger partial charge in [0, 0.05) is 13.1 Å². The SMILES string of the molecule is COC(=O)NC(C(=O)N1CCCC1c1nc2ccc(-c3ccc(-c4ccc5nc(C6CCCN6C(=O)C(NC(=O)OC)C(C)C)[nH]c5c4)c4ccccc34)cc2[nH]1)C(C)C. The van der Waals surface area contributed by atoms with E-state index in [1.54, 1.807) is 0 Å². The highest BCUT2D eigenvalue weighted by Gasteiger charge is 2.39. The molecule has 4 unspecified atom stereocenters. The Kier molecular flexibility index (Phi) is 11.2. The maximum atomic E-state index is 13.7.